The molecule has 1 amide bonds. The van der Waals surface area contributed by atoms with E-state index >= 15 is 0 Å². The zero-order chi connectivity index (χ0) is 16.1. The van der Waals surface area contributed by atoms with Crippen molar-refractivity contribution >= 4 is 5.91 Å². The molecule has 0 aliphatic heterocycles. The molecule has 122 valence electrons. The molecular weight excluding hydrogens is 292 g/mol. The first kappa shape index (κ1) is 15.5. The van der Waals surface area contributed by atoms with Gasteiger partial charge in [0.25, 0.3) is 0 Å². The van der Waals surface area contributed by atoms with E-state index in [0.29, 0.717) is 37.0 Å². The fraction of sp³-hybridized carbons (Fsp3) is 0.471. The zero-order valence-corrected chi connectivity index (χ0v) is 13.0. The molecule has 1 aliphatic rings. The molecule has 2 aromatic rings. The molecule has 1 heterocycles. The third-order valence-corrected chi connectivity index (χ3v) is 4.44. The number of aromatic amines is 2. The average Bonchev–Trinajstić information content (AvgIpc) is 2.93. The Morgan fingerprint density at radius 2 is 2.04 bits per heavy atom. The second kappa shape index (κ2) is 7.26. The van der Waals surface area contributed by atoms with E-state index in [0.717, 1.165) is 19.3 Å². The van der Waals surface area contributed by atoms with Crippen molar-refractivity contribution in [3.63, 3.8) is 0 Å². The molecule has 0 atom stereocenters. The largest absolute Gasteiger partial charge is 0.356 e. The van der Waals surface area contributed by atoms with E-state index < -0.39 is 0 Å². The molecule has 23 heavy (non-hydrogen) atoms. The van der Waals surface area contributed by atoms with Gasteiger partial charge in [-0.3, -0.25) is 9.78 Å². The average molecular weight is 314 g/mol. The highest BCUT2D eigenvalue weighted by Crippen LogP contribution is 2.43. The maximum atomic E-state index is 11.9. The van der Waals surface area contributed by atoms with Gasteiger partial charge in [-0.1, -0.05) is 30.3 Å². The molecular formula is C17H22N4O2. The number of H-pyrrole nitrogens is 2. The van der Waals surface area contributed by atoms with Gasteiger partial charge in [-0.05, 0) is 36.7 Å². The van der Waals surface area contributed by atoms with Crippen LogP contribution in [0, 0.1) is 5.92 Å². The highest BCUT2D eigenvalue weighted by atomic mass is 16.2. The summed E-state index contributed by atoms with van der Waals surface area (Å²) >= 11 is 0. The Morgan fingerprint density at radius 3 is 2.74 bits per heavy atom. The van der Waals surface area contributed by atoms with Crippen molar-refractivity contribution in [3.05, 3.63) is 52.2 Å². The first-order valence-corrected chi connectivity index (χ1v) is 8.16. The number of nitrogens with one attached hydrogen (secondary N) is 3. The van der Waals surface area contributed by atoms with Crippen molar-refractivity contribution in [2.75, 3.05) is 6.54 Å². The number of aromatic nitrogens is 3. The summed E-state index contributed by atoms with van der Waals surface area (Å²) in [4.78, 5) is 25.4. The first-order chi connectivity index (χ1) is 11.2. The van der Waals surface area contributed by atoms with Gasteiger partial charge in [-0.15, -0.1) is 0 Å². The molecule has 1 aliphatic carbocycles. The number of carbonyl (C=O) groups is 1. The monoisotopic (exact) mass is 314 g/mol. The summed E-state index contributed by atoms with van der Waals surface area (Å²) in [5.41, 5.74) is 1.10. The number of hydrogen-bond donors (Lipinski definition) is 3. The van der Waals surface area contributed by atoms with Crippen LogP contribution in [0.1, 0.15) is 43.0 Å². The standard InChI is InChI=1S/C17H22N4O2/c22-16(18-8-4-7-15-19-17(23)21-20-15)11-12-9-14(10-12)13-5-2-1-3-6-13/h1-3,5-6,12,14H,4,7-11H2,(H,18,22)(H2,19,20,21,23). The van der Waals surface area contributed by atoms with Crippen LogP contribution in [0.15, 0.2) is 35.1 Å². The van der Waals surface area contributed by atoms with Gasteiger partial charge in [0.15, 0.2) is 0 Å². The summed E-state index contributed by atoms with van der Waals surface area (Å²) in [5, 5.41) is 9.11. The van der Waals surface area contributed by atoms with Gasteiger partial charge in [-0.25, -0.2) is 9.89 Å². The lowest BCUT2D eigenvalue weighted by Gasteiger charge is -2.35. The van der Waals surface area contributed by atoms with Crippen molar-refractivity contribution in [3.8, 4) is 0 Å². The number of nitrogens with zero attached hydrogens (tertiary/aromatic N) is 1. The third kappa shape index (κ3) is 4.31. The Labute approximate surface area is 134 Å². The molecule has 3 N–H and O–H groups in total. The Balaban J connectivity index is 1.29. The van der Waals surface area contributed by atoms with Gasteiger partial charge < -0.3 is 5.32 Å². The number of aryl methyl sites for hydroxylation is 1. The number of amides is 1. The van der Waals surface area contributed by atoms with Crippen molar-refractivity contribution < 1.29 is 4.79 Å². The molecule has 0 bridgehead atoms. The summed E-state index contributed by atoms with van der Waals surface area (Å²) in [7, 11) is 0. The molecule has 1 aromatic carbocycles. The van der Waals surface area contributed by atoms with Crippen molar-refractivity contribution in [1.82, 2.24) is 20.5 Å². The summed E-state index contributed by atoms with van der Waals surface area (Å²) in [6.45, 7) is 0.614. The van der Waals surface area contributed by atoms with E-state index in [2.05, 4.69) is 44.8 Å². The molecule has 0 saturated heterocycles. The molecule has 1 fully saturated rings. The Hall–Kier alpha value is -2.37. The van der Waals surface area contributed by atoms with E-state index in [9.17, 15) is 9.59 Å². The van der Waals surface area contributed by atoms with Gasteiger partial charge in [0.2, 0.25) is 5.91 Å². The second-order valence-corrected chi connectivity index (χ2v) is 6.23. The molecule has 3 rings (SSSR count). The summed E-state index contributed by atoms with van der Waals surface area (Å²) in [6, 6.07) is 10.5. The predicted octanol–water partition coefficient (Wildman–Crippen LogP) is 1.73. The second-order valence-electron chi connectivity index (χ2n) is 6.23. The fourth-order valence-electron chi connectivity index (χ4n) is 3.14. The lowest BCUT2D eigenvalue weighted by Crippen LogP contribution is -2.31. The minimum atomic E-state index is -0.290. The molecule has 1 saturated carbocycles. The van der Waals surface area contributed by atoms with Crippen LogP contribution in [0.5, 0.6) is 0 Å². The van der Waals surface area contributed by atoms with E-state index in [1.54, 1.807) is 0 Å². The van der Waals surface area contributed by atoms with Gasteiger partial charge >= 0.3 is 5.69 Å². The van der Waals surface area contributed by atoms with Crippen LogP contribution in [0.3, 0.4) is 0 Å². The normalized spacial score (nSPS) is 20.0. The molecule has 6 nitrogen and oxygen atoms in total. The van der Waals surface area contributed by atoms with Crippen LogP contribution in [-0.2, 0) is 11.2 Å². The lowest BCUT2D eigenvalue weighted by atomic mass is 9.70. The number of hydrogen-bond acceptors (Lipinski definition) is 3. The Kier molecular flexibility index (Phi) is 4.90. The van der Waals surface area contributed by atoms with E-state index in [-0.39, 0.29) is 11.6 Å². The van der Waals surface area contributed by atoms with Gasteiger partial charge in [-0.2, -0.15) is 5.10 Å². The molecule has 0 spiro atoms. The number of benzene rings is 1. The van der Waals surface area contributed by atoms with Gasteiger partial charge in [0.1, 0.15) is 5.82 Å². The number of rotatable bonds is 7. The molecule has 6 heteroatoms. The maximum absolute atomic E-state index is 11.9. The lowest BCUT2D eigenvalue weighted by molar-refractivity contribution is -0.122. The summed E-state index contributed by atoms with van der Waals surface area (Å²) in [6.07, 6.45) is 4.24. The molecule has 0 radical (unpaired) electrons. The van der Waals surface area contributed by atoms with E-state index in [1.807, 2.05) is 6.07 Å². The number of carbonyl (C=O) groups excluding carboxylic acids is 1. The Bertz CT molecular complexity index is 686. The van der Waals surface area contributed by atoms with E-state index in [1.165, 1.54) is 5.56 Å². The summed E-state index contributed by atoms with van der Waals surface area (Å²) < 4.78 is 0. The quantitative estimate of drug-likeness (QED) is 0.680. The van der Waals surface area contributed by atoms with Gasteiger partial charge in [0, 0.05) is 19.4 Å². The molecule has 1 aromatic heterocycles. The van der Waals surface area contributed by atoms with Crippen LogP contribution in [0.25, 0.3) is 0 Å². The smallest absolute Gasteiger partial charge is 0.340 e. The minimum Gasteiger partial charge on any atom is -0.356 e. The van der Waals surface area contributed by atoms with Crippen LogP contribution in [0.2, 0.25) is 0 Å². The first-order valence-electron chi connectivity index (χ1n) is 8.16. The zero-order valence-electron chi connectivity index (χ0n) is 13.0. The van der Waals surface area contributed by atoms with Crippen molar-refractivity contribution in [1.29, 1.82) is 0 Å². The van der Waals surface area contributed by atoms with Gasteiger partial charge in [0.05, 0.1) is 0 Å². The maximum Gasteiger partial charge on any atom is 0.340 e. The van der Waals surface area contributed by atoms with Crippen molar-refractivity contribution in [2.45, 2.75) is 38.0 Å². The van der Waals surface area contributed by atoms with E-state index in [4.69, 9.17) is 0 Å². The van der Waals surface area contributed by atoms with Crippen molar-refractivity contribution in [2.24, 2.45) is 5.92 Å². The third-order valence-electron chi connectivity index (χ3n) is 4.44. The molecule has 0 unspecified atom stereocenters. The fourth-order valence-corrected chi connectivity index (χ4v) is 3.14. The van der Waals surface area contributed by atoms with Crippen LogP contribution >= 0.6 is 0 Å². The Morgan fingerprint density at radius 1 is 1.26 bits per heavy atom. The SMILES string of the molecule is O=C(CC1CC(c2ccccc2)C1)NCCCc1n[nH]c(=O)[nH]1. The highest BCUT2D eigenvalue weighted by molar-refractivity contribution is 5.76. The predicted molar refractivity (Wildman–Crippen MR) is 87.1 cm³/mol. The summed E-state index contributed by atoms with van der Waals surface area (Å²) in [5.74, 6) is 1.87. The van der Waals surface area contributed by atoms with Crippen LogP contribution in [-0.4, -0.2) is 27.6 Å². The topological polar surface area (TPSA) is 90.6 Å². The van der Waals surface area contributed by atoms with Crippen LogP contribution < -0.4 is 11.0 Å². The highest BCUT2D eigenvalue weighted by Gasteiger charge is 2.31. The minimum absolute atomic E-state index is 0.122. The van der Waals surface area contributed by atoms with Crippen LogP contribution in [0.4, 0.5) is 0 Å².